The van der Waals surface area contributed by atoms with Crippen LogP contribution in [0.25, 0.3) is 0 Å². The van der Waals surface area contributed by atoms with Crippen LogP contribution < -0.4 is 5.32 Å². The minimum Gasteiger partial charge on any atom is -0.459 e. The van der Waals surface area contributed by atoms with E-state index in [2.05, 4.69) is 5.32 Å². The van der Waals surface area contributed by atoms with E-state index in [1.165, 1.54) is 16.2 Å². The zero-order valence-electron chi connectivity index (χ0n) is 15.8. The number of ether oxygens (including phenoxy) is 1. The molecule has 2 aromatic rings. The summed E-state index contributed by atoms with van der Waals surface area (Å²) in [6.07, 6.45) is 3.83. The van der Waals surface area contributed by atoms with Crippen molar-refractivity contribution in [3.63, 3.8) is 0 Å². The fraction of sp³-hybridized carbons (Fsp3) is 0.429. The van der Waals surface area contributed by atoms with E-state index in [1.807, 2.05) is 45.9 Å². The van der Waals surface area contributed by atoms with E-state index in [9.17, 15) is 9.59 Å². The van der Waals surface area contributed by atoms with Crippen molar-refractivity contribution in [1.29, 1.82) is 0 Å². The molecule has 0 atom stereocenters. The predicted molar refractivity (Wildman–Crippen MR) is 105 cm³/mol. The van der Waals surface area contributed by atoms with Gasteiger partial charge in [0.2, 0.25) is 0 Å². The molecule has 1 aliphatic carbocycles. The van der Waals surface area contributed by atoms with E-state index >= 15 is 0 Å². The van der Waals surface area contributed by atoms with Crippen molar-refractivity contribution in [3.8, 4) is 0 Å². The maximum atomic E-state index is 12.7. The van der Waals surface area contributed by atoms with Gasteiger partial charge in [-0.05, 0) is 82.2 Å². The number of amides is 1. The van der Waals surface area contributed by atoms with Gasteiger partial charge in [-0.25, -0.2) is 4.79 Å². The van der Waals surface area contributed by atoms with Crippen LogP contribution in [0.4, 0.5) is 5.00 Å². The first-order chi connectivity index (χ1) is 12.4. The van der Waals surface area contributed by atoms with Gasteiger partial charge >= 0.3 is 5.97 Å². The molecular weight excluding hydrogens is 346 g/mol. The maximum absolute atomic E-state index is 12.7. The first-order valence-corrected chi connectivity index (χ1v) is 9.92. The number of carbonyl (C=O) groups is 2. The molecule has 0 saturated carbocycles. The molecule has 138 valence electrons. The quantitative estimate of drug-likeness (QED) is 0.764. The zero-order chi connectivity index (χ0) is 18.8. The summed E-state index contributed by atoms with van der Waals surface area (Å²) in [5.74, 6) is -0.528. The second-order valence-corrected chi connectivity index (χ2v) is 8.23. The smallest absolute Gasteiger partial charge is 0.341 e. The molecule has 0 unspecified atom stereocenters. The van der Waals surface area contributed by atoms with E-state index in [4.69, 9.17) is 4.74 Å². The monoisotopic (exact) mass is 371 g/mol. The van der Waals surface area contributed by atoms with E-state index in [1.54, 1.807) is 0 Å². The molecule has 1 N–H and O–H groups in total. The lowest BCUT2D eigenvalue weighted by Crippen LogP contribution is -2.18. The fourth-order valence-electron chi connectivity index (χ4n) is 3.20. The lowest BCUT2D eigenvalue weighted by molar-refractivity contribution is 0.0378. The highest BCUT2D eigenvalue weighted by molar-refractivity contribution is 7.17. The van der Waals surface area contributed by atoms with Crippen LogP contribution in [-0.2, 0) is 17.6 Å². The SMILES string of the molecule is Cc1ccc(C(=O)Nc2sc3c(c2C(=O)OC(C)C)CCCC3)cc1C. The maximum Gasteiger partial charge on any atom is 0.341 e. The van der Waals surface area contributed by atoms with E-state index < -0.39 is 0 Å². The summed E-state index contributed by atoms with van der Waals surface area (Å²) < 4.78 is 5.44. The molecule has 1 amide bonds. The Morgan fingerprint density at radius 1 is 1.12 bits per heavy atom. The summed E-state index contributed by atoms with van der Waals surface area (Å²) in [6, 6.07) is 5.64. The van der Waals surface area contributed by atoms with E-state index in [0.29, 0.717) is 16.1 Å². The van der Waals surface area contributed by atoms with Gasteiger partial charge in [-0.2, -0.15) is 0 Å². The molecule has 1 aromatic carbocycles. The Morgan fingerprint density at radius 3 is 2.54 bits per heavy atom. The molecule has 0 spiro atoms. The Hall–Kier alpha value is -2.14. The number of hydrogen-bond donors (Lipinski definition) is 1. The highest BCUT2D eigenvalue weighted by Gasteiger charge is 2.28. The minimum atomic E-state index is -0.338. The summed E-state index contributed by atoms with van der Waals surface area (Å²) in [6.45, 7) is 7.68. The Bertz CT molecular complexity index is 851. The normalized spacial score (nSPS) is 13.4. The van der Waals surface area contributed by atoms with Crippen LogP contribution in [0.1, 0.15) is 69.0 Å². The highest BCUT2D eigenvalue weighted by atomic mass is 32.1. The lowest BCUT2D eigenvalue weighted by Gasteiger charge is -2.14. The summed E-state index contributed by atoms with van der Waals surface area (Å²) in [7, 11) is 0. The first-order valence-electron chi connectivity index (χ1n) is 9.11. The van der Waals surface area contributed by atoms with Crippen molar-refractivity contribution in [2.24, 2.45) is 0 Å². The molecule has 5 heteroatoms. The number of aryl methyl sites for hydroxylation is 3. The summed E-state index contributed by atoms with van der Waals surface area (Å²) >= 11 is 1.51. The van der Waals surface area contributed by atoms with Gasteiger partial charge in [-0.3, -0.25) is 4.79 Å². The minimum absolute atomic E-state index is 0.190. The van der Waals surface area contributed by atoms with Gasteiger partial charge in [0.1, 0.15) is 5.00 Å². The van der Waals surface area contributed by atoms with Gasteiger partial charge < -0.3 is 10.1 Å². The molecule has 0 bridgehead atoms. The van der Waals surface area contributed by atoms with Gasteiger partial charge in [0, 0.05) is 10.4 Å². The molecule has 1 aliphatic rings. The van der Waals surface area contributed by atoms with E-state index in [0.717, 1.165) is 42.4 Å². The predicted octanol–water partition coefficient (Wildman–Crippen LogP) is 5.06. The number of nitrogens with one attached hydrogen (secondary N) is 1. The van der Waals surface area contributed by atoms with Gasteiger partial charge in [0.05, 0.1) is 11.7 Å². The van der Waals surface area contributed by atoms with Crippen LogP contribution in [0.3, 0.4) is 0 Å². The molecule has 0 aliphatic heterocycles. The number of fused-ring (bicyclic) bond motifs is 1. The molecule has 1 aromatic heterocycles. The molecule has 26 heavy (non-hydrogen) atoms. The number of carbonyl (C=O) groups excluding carboxylic acids is 2. The summed E-state index contributed by atoms with van der Waals surface area (Å²) in [5, 5.41) is 3.58. The molecular formula is C21H25NO3S. The molecule has 1 heterocycles. The van der Waals surface area contributed by atoms with Gasteiger partial charge in [0.15, 0.2) is 0 Å². The second-order valence-electron chi connectivity index (χ2n) is 7.12. The second kappa shape index (κ2) is 7.62. The third kappa shape index (κ3) is 3.83. The molecule has 4 nitrogen and oxygen atoms in total. The topological polar surface area (TPSA) is 55.4 Å². The Kier molecular flexibility index (Phi) is 5.47. The number of hydrogen-bond acceptors (Lipinski definition) is 4. The summed E-state index contributed by atoms with van der Waals surface area (Å²) in [4.78, 5) is 26.6. The summed E-state index contributed by atoms with van der Waals surface area (Å²) in [5.41, 5.74) is 4.43. The standard InChI is InChI=1S/C21H25NO3S/c1-12(2)25-21(24)18-16-7-5-6-8-17(16)26-20(18)22-19(23)15-10-9-13(3)14(4)11-15/h9-12H,5-8H2,1-4H3,(H,22,23). The van der Waals surface area contributed by atoms with Crippen LogP contribution in [0.15, 0.2) is 18.2 Å². The number of thiophene rings is 1. The van der Waals surface area contributed by atoms with Crippen LogP contribution >= 0.6 is 11.3 Å². The van der Waals surface area contributed by atoms with Crippen LogP contribution in [-0.4, -0.2) is 18.0 Å². The average Bonchev–Trinajstić information content (AvgIpc) is 2.94. The van der Waals surface area contributed by atoms with Gasteiger partial charge in [0.25, 0.3) is 5.91 Å². The van der Waals surface area contributed by atoms with Crippen LogP contribution in [0.2, 0.25) is 0 Å². The molecule has 0 radical (unpaired) electrons. The van der Waals surface area contributed by atoms with Crippen LogP contribution in [0.5, 0.6) is 0 Å². The first kappa shape index (κ1) is 18.6. The zero-order valence-corrected chi connectivity index (χ0v) is 16.6. The molecule has 3 rings (SSSR count). The largest absolute Gasteiger partial charge is 0.459 e. The van der Waals surface area contributed by atoms with Crippen molar-refractivity contribution >= 4 is 28.2 Å². The Balaban J connectivity index is 1.93. The Morgan fingerprint density at radius 2 is 1.85 bits per heavy atom. The molecule has 0 saturated heterocycles. The van der Waals surface area contributed by atoms with Crippen molar-refractivity contribution < 1.29 is 14.3 Å². The third-order valence-corrected chi connectivity index (χ3v) is 5.92. The molecule has 0 fully saturated rings. The van der Waals surface area contributed by atoms with E-state index in [-0.39, 0.29) is 18.0 Å². The lowest BCUT2D eigenvalue weighted by atomic mass is 9.95. The number of anilines is 1. The fourth-order valence-corrected chi connectivity index (χ4v) is 4.47. The highest BCUT2D eigenvalue weighted by Crippen LogP contribution is 2.39. The number of esters is 1. The number of benzene rings is 1. The van der Waals surface area contributed by atoms with Crippen molar-refractivity contribution in [3.05, 3.63) is 50.9 Å². The van der Waals surface area contributed by atoms with Crippen molar-refractivity contribution in [2.45, 2.75) is 59.5 Å². The van der Waals surface area contributed by atoms with Crippen molar-refractivity contribution in [2.75, 3.05) is 5.32 Å². The number of rotatable bonds is 4. The Labute approximate surface area is 158 Å². The third-order valence-electron chi connectivity index (χ3n) is 4.71. The van der Waals surface area contributed by atoms with Gasteiger partial charge in [-0.15, -0.1) is 11.3 Å². The van der Waals surface area contributed by atoms with Gasteiger partial charge in [-0.1, -0.05) is 6.07 Å². The van der Waals surface area contributed by atoms with Crippen molar-refractivity contribution in [1.82, 2.24) is 0 Å². The average molecular weight is 372 g/mol. The van der Waals surface area contributed by atoms with Crippen LogP contribution in [0, 0.1) is 13.8 Å².